The van der Waals surface area contributed by atoms with Crippen LogP contribution < -0.4 is 0 Å². The number of rotatable bonds is 6. The molecule has 0 aliphatic heterocycles. The Morgan fingerprint density at radius 1 is 1.07 bits per heavy atom. The second kappa shape index (κ2) is 6.30. The largest absolute Gasteiger partial charge is 0.390 e. The second-order valence-corrected chi connectivity index (χ2v) is 3.93. The first kappa shape index (κ1) is 13.8. The number of carbonyl (C=O) groups is 2. The number of hydrogen-bond donors (Lipinski definition) is 1. The van der Waals surface area contributed by atoms with Gasteiger partial charge in [-0.25, -0.2) is 0 Å². The van der Waals surface area contributed by atoms with Crippen LogP contribution in [0.3, 0.4) is 0 Å². The van der Waals surface area contributed by atoms with Gasteiger partial charge in [-0.05, 0) is 45.8 Å². The van der Waals surface area contributed by atoms with Crippen molar-refractivity contribution in [1.29, 1.82) is 0 Å². The summed E-state index contributed by atoms with van der Waals surface area (Å²) in [7, 11) is 0. The van der Waals surface area contributed by atoms with Crippen LogP contribution in [0.5, 0.6) is 0 Å². The van der Waals surface area contributed by atoms with Crippen LogP contribution in [-0.4, -0.2) is 22.3 Å². The van der Waals surface area contributed by atoms with Gasteiger partial charge in [0.25, 0.3) is 0 Å². The molecule has 0 unspecified atom stereocenters. The van der Waals surface area contributed by atoms with E-state index in [2.05, 4.69) is 0 Å². The smallest absolute Gasteiger partial charge is 0.152 e. The Labute approximate surface area is 90.5 Å². The van der Waals surface area contributed by atoms with Gasteiger partial charge in [0.15, 0.2) is 11.6 Å². The molecular formula is C12H18O3. The molecule has 15 heavy (non-hydrogen) atoms. The van der Waals surface area contributed by atoms with E-state index in [1.807, 2.05) is 0 Å². The number of aliphatic hydroxyl groups is 1. The van der Waals surface area contributed by atoms with Crippen LogP contribution in [0.2, 0.25) is 0 Å². The first-order valence-electron chi connectivity index (χ1n) is 4.90. The van der Waals surface area contributed by atoms with E-state index in [1.54, 1.807) is 19.1 Å². The van der Waals surface area contributed by atoms with E-state index in [1.165, 1.54) is 26.0 Å². The van der Waals surface area contributed by atoms with Crippen molar-refractivity contribution in [2.45, 2.75) is 39.2 Å². The van der Waals surface area contributed by atoms with Crippen molar-refractivity contribution in [2.75, 3.05) is 0 Å². The Morgan fingerprint density at radius 3 is 1.67 bits per heavy atom. The van der Waals surface area contributed by atoms with E-state index in [0.29, 0.717) is 12.8 Å². The normalized spacial score (nSPS) is 12.5. The van der Waals surface area contributed by atoms with Crippen molar-refractivity contribution < 1.29 is 14.7 Å². The molecule has 0 rings (SSSR count). The lowest BCUT2D eigenvalue weighted by molar-refractivity contribution is -0.113. The van der Waals surface area contributed by atoms with Crippen LogP contribution in [0, 0.1) is 0 Å². The molecule has 1 N–H and O–H groups in total. The summed E-state index contributed by atoms with van der Waals surface area (Å²) in [5, 5.41) is 9.82. The van der Waals surface area contributed by atoms with Gasteiger partial charge in [0.2, 0.25) is 0 Å². The highest BCUT2D eigenvalue weighted by molar-refractivity contribution is 5.87. The zero-order chi connectivity index (χ0) is 11.9. The topological polar surface area (TPSA) is 54.4 Å². The molecule has 0 aromatic rings. The van der Waals surface area contributed by atoms with Gasteiger partial charge in [-0.2, -0.15) is 0 Å². The monoisotopic (exact) mass is 210 g/mol. The summed E-state index contributed by atoms with van der Waals surface area (Å²) < 4.78 is 0. The molecule has 0 aliphatic rings. The fourth-order valence-corrected chi connectivity index (χ4v) is 1.04. The summed E-state index contributed by atoms with van der Waals surface area (Å²) >= 11 is 0. The molecule has 0 radical (unpaired) electrons. The quantitative estimate of drug-likeness (QED) is 0.680. The van der Waals surface area contributed by atoms with Gasteiger partial charge in [0, 0.05) is 0 Å². The van der Waals surface area contributed by atoms with Gasteiger partial charge in [-0.1, -0.05) is 12.2 Å². The first-order valence-corrected chi connectivity index (χ1v) is 4.90. The molecule has 0 atom stereocenters. The summed E-state index contributed by atoms with van der Waals surface area (Å²) in [6.07, 6.45) is 6.95. The highest BCUT2D eigenvalue weighted by Crippen LogP contribution is 2.15. The third-order valence-corrected chi connectivity index (χ3v) is 1.82. The van der Waals surface area contributed by atoms with Gasteiger partial charge in [0.1, 0.15) is 0 Å². The van der Waals surface area contributed by atoms with Crippen LogP contribution in [-0.2, 0) is 9.59 Å². The molecule has 3 nitrogen and oxygen atoms in total. The lowest BCUT2D eigenvalue weighted by atomic mass is 9.97. The molecule has 0 aromatic heterocycles. The molecular weight excluding hydrogens is 192 g/mol. The standard InChI is InChI=1S/C12H18O3/c1-10(13)6-4-8-12(3,15)9-5-7-11(2)14/h4-7,15H,8-9H2,1-3H3/b6-4+,7-5+. The summed E-state index contributed by atoms with van der Waals surface area (Å²) in [4.78, 5) is 21.2. The SMILES string of the molecule is CC(=O)/C=C/CC(C)(O)C/C=C/C(C)=O. The molecule has 0 amide bonds. The maximum absolute atomic E-state index is 10.6. The lowest BCUT2D eigenvalue weighted by Gasteiger charge is -2.19. The maximum Gasteiger partial charge on any atom is 0.152 e. The van der Waals surface area contributed by atoms with Gasteiger partial charge in [-0.15, -0.1) is 0 Å². The highest BCUT2D eigenvalue weighted by atomic mass is 16.3. The molecule has 0 spiro atoms. The molecule has 84 valence electrons. The minimum absolute atomic E-state index is 0.0370. The fourth-order valence-electron chi connectivity index (χ4n) is 1.04. The highest BCUT2D eigenvalue weighted by Gasteiger charge is 2.16. The zero-order valence-corrected chi connectivity index (χ0v) is 9.49. The molecule has 0 bridgehead atoms. The third-order valence-electron chi connectivity index (χ3n) is 1.82. The summed E-state index contributed by atoms with van der Waals surface area (Å²) in [6, 6.07) is 0. The van der Waals surface area contributed by atoms with Gasteiger partial charge >= 0.3 is 0 Å². The van der Waals surface area contributed by atoms with Crippen LogP contribution in [0.1, 0.15) is 33.6 Å². The van der Waals surface area contributed by atoms with E-state index in [-0.39, 0.29) is 11.6 Å². The fraction of sp³-hybridized carbons (Fsp3) is 0.500. The van der Waals surface area contributed by atoms with Gasteiger partial charge in [0.05, 0.1) is 5.60 Å². The number of carbonyl (C=O) groups excluding carboxylic acids is 2. The van der Waals surface area contributed by atoms with Crippen LogP contribution in [0.25, 0.3) is 0 Å². The molecule has 0 fully saturated rings. The van der Waals surface area contributed by atoms with E-state index >= 15 is 0 Å². The number of hydrogen-bond acceptors (Lipinski definition) is 3. The van der Waals surface area contributed by atoms with Crippen molar-refractivity contribution in [2.24, 2.45) is 0 Å². The minimum Gasteiger partial charge on any atom is -0.390 e. The summed E-state index contributed by atoms with van der Waals surface area (Å²) in [5.74, 6) is -0.0739. The van der Waals surface area contributed by atoms with Crippen molar-refractivity contribution in [3.8, 4) is 0 Å². The zero-order valence-electron chi connectivity index (χ0n) is 9.49. The molecule has 0 heterocycles. The predicted octanol–water partition coefficient (Wildman–Crippen LogP) is 1.81. The van der Waals surface area contributed by atoms with Gasteiger partial charge in [-0.3, -0.25) is 9.59 Å². The first-order chi connectivity index (χ1) is 6.83. The van der Waals surface area contributed by atoms with Gasteiger partial charge < -0.3 is 5.11 Å². The van der Waals surface area contributed by atoms with Crippen LogP contribution >= 0.6 is 0 Å². The van der Waals surface area contributed by atoms with E-state index in [4.69, 9.17) is 0 Å². The molecule has 0 aliphatic carbocycles. The Kier molecular flexibility index (Phi) is 5.79. The average molecular weight is 210 g/mol. The van der Waals surface area contributed by atoms with Crippen molar-refractivity contribution in [3.63, 3.8) is 0 Å². The Bertz CT molecular complexity index is 257. The molecule has 0 aromatic carbocycles. The van der Waals surface area contributed by atoms with E-state index < -0.39 is 5.60 Å². The lowest BCUT2D eigenvalue weighted by Crippen LogP contribution is -2.21. The van der Waals surface area contributed by atoms with E-state index in [9.17, 15) is 14.7 Å². The molecule has 3 heteroatoms. The Hall–Kier alpha value is -1.22. The Balaban J connectivity index is 4.07. The summed E-state index contributed by atoms with van der Waals surface area (Å²) in [6.45, 7) is 4.59. The van der Waals surface area contributed by atoms with Crippen molar-refractivity contribution in [1.82, 2.24) is 0 Å². The number of ketones is 2. The third kappa shape index (κ3) is 9.09. The van der Waals surface area contributed by atoms with Crippen LogP contribution in [0.4, 0.5) is 0 Å². The van der Waals surface area contributed by atoms with E-state index in [0.717, 1.165) is 0 Å². The summed E-state index contributed by atoms with van der Waals surface area (Å²) in [5.41, 5.74) is -0.905. The van der Waals surface area contributed by atoms with Crippen molar-refractivity contribution >= 4 is 11.6 Å². The minimum atomic E-state index is -0.905. The molecule has 0 saturated heterocycles. The maximum atomic E-state index is 10.6. The second-order valence-electron chi connectivity index (χ2n) is 3.93. The molecule has 0 saturated carbocycles. The Morgan fingerprint density at radius 2 is 1.40 bits per heavy atom. The number of allylic oxidation sites excluding steroid dienone is 2. The average Bonchev–Trinajstić information content (AvgIpc) is 2.01. The van der Waals surface area contributed by atoms with Crippen LogP contribution in [0.15, 0.2) is 24.3 Å². The van der Waals surface area contributed by atoms with Crippen molar-refractivity contribution in [3.05, 3.63) is 24.3 Å². The predicted molar refractivity (Wildman–Crippen MR) is 59.5 cm³/mol.